The summed E-state index contributed by atoms with van der Waals surface area (Å²) in [5.41, 5.74) is 0.273. The predicted molar refractivity (Wildman–Crippen MR) is 153 cm³/mol. The first-order valence-corrected chi connectivity index (χ1v) is 14.2. The van der Waals surface area contributed by atoms with Crippen LogP contribution in [0.2, 0.25) is 0 Å². The van der Waals surface area contributed by atoms with Crippen molar-refractivity contribution in [2.24, 2.45) is 17.8 Å². The van der Waals surface area contributed by atoms with Gasteiger partial charge in [0, 0.05) is 31.5 Å². The zero-order valence-electron chi connectivity index (χ0n) is 23.9. The Hall–Kier alpha value is -3.43. The van der Waals surface area contributed by atoms with E-state index in [4.69, 9.17) is 4.74 Å². The van der Waals surface area contributed by atoms with Gasteiger partial charge >= 0.3 is 0 Å². The van der Waals surface area contributed by atoms with Gasteiger partial charge in [-0.3, -0.25) is 14.4 Å². The number of anilines is 2. The maximum Gasteiger partial charge on any atom is 0.250 e. The topological polar surface area (TPSA) is 111 Å². The number of carbonyl (C=O) groups is 3. The van der Waals surface area contributed by atoms with Gasteiger partial charge in [0.25, 0.3) is 0 Å². The molecule has 3 aliphatic heterocycles. The second-order valence-corrected chi connectivity index (χ2v) is 11.4. The van der Waals surface area contributed by atoms with Crippen LogP contribution in [-0.4, -0.2) is 71.7 Å². The first kappa shape index (κ1) is 28.1. The highest BCUT2D eigenvalue weighted by Gasteiger charge is 2.80. The van der Waals surface area contributed by atoms with E-state index in [1.165, 1.54) is 4.90 Å². The highest BCUT2D eigenvalue weighted by atomic mass is 16.5. The van der Waals surface area contributed by atoms with Crippen LogP contribution in [0.3, 0.4) is 0 Å². The number of fused-ring (bicyclic) bond motifs is 1. The Morgan fingerprint density at radius 2 is 1.75 bits per heavy atom. The number of aliphatic hydroxyl groups excluding tert-OH is 1. The average Bonchev–Trinajstić information content (AvgIpc) is 3.47. The van der Waals surface area contributed by atoms with E-state index in [9.17, 15) is 19.5 Å². The van der Waals surface area contributed by atoms with Crippen LogP contribution in [0.5, 0.6) is 0 Å². The molecular formula is C31H40N4O5. The summed E-state index contributed by atoms with van der Waals surface area (Å²) in [6.07, 6.45) is 0.454. The number of carbonyl (C=O) groups excluding carboxylic acids is 3. The van der Waals surface area contributed by atoms with Gasteiger partial charge in [0.2, 0.25) is 17.7 Å². The Morgan fingerprint density at radius 1 is 1.10 bits per heavy atom. The molecule has 0 saturated carbocycles. The second kappa shape index (κ2) is 10.5. The Balaban J connectivity index is 1.57. The number of rotatable bonds is 9. The molecular weight excluding hydrogens is 508 g/mol. The third kappa shape index (κ3) is 4.09. The molecule has 3 fully saturated rings. The largest absolute Gasteiger partial charge is 0.394 e. The molecule has 1 spiro atoms. The fraction of sp³-hybridized carbons (Fsp3) is 0.516. The van der Waals surface area contributed by atoms with E-state index in [0.29, 0.717) is 17.7 Å². The van der Waals surface area contributed by atoms with E-state index in [-0.39, 0.29) is 24.3 Å². The molecule has 40 heavy (non-hydrogen) atoms. The summed E-state index contributed by atoms with van der Waals surface area (Å²) in [5.74, 6) is -2.67. The third-order valence-electron chi connectivity index (χ3n) is 9.49. The van der Waals surface area contributed by atoms with Crippen molar-refractivity contribution in [2.75, 3.05) is 37.0 Å². The maximum absolute atomic E-state index is 14.3. The van der Waals surface area contributed by atoms with Gasteiger partial charge in [0.05, 0.1) is 30.1 Å². The summed E-state index contributed by atoms with van der Waals surface area (Å²) < 4.78 is 6.73. The van der Waals surface area contributed by atoms with Gasteiger partial charge in [-0.15, -0.1) is 0 Å². The maximum atomic E-state index is 14.3. The van der Waals surface area contributed by atoms with Gasteiger partial charge in [-0.25, -0.2) is 0 Å². The molecule has 2 bridgehead atoms. The van der Waals surface area contributed by atoms with Crippen molar-refractivity contribution in [3.63, 3.8) is 0 Å². The minimum atomic E-state index is -1.20. The zero-order valence-corrected chi connectivity index (χ0v) is 23.9. The van der Waals surface area contributed by atoms with Crippen LogP contribution in [0.1, 0.15) is 45.7 Å². The molecule has 0 aromatic heterocycles. The number of nitrogens with zero attached hydrogens (tertiary/aromatic N) is 2. The molecule has 0 radical (unpaired) electrons. The smallest absolute Gasteiger partial charge is 0.250 e. The fourth-order valence-corrected chi connectivity index (χ4v) is 7.45. The van der Waals surface area contributed by atoms with Gasteiger partial charge < -0.3 is 30.3 Å². The van der Waals surface area contributed by atoms with Crippen molar-refractivity contribution in [3.8, 4) is 0 Å². The normalized spacial score (nSPS) is 31.1. The Morgan fingerprint density at radius 3 is 2.33 bits per heavy atom. The van der Waals surface area contributed by atoms with Crippen molar-refractivity contribution in [1.82, 2.24) is 10.2 Å². The molecule has 5 rings (SSSR count). The highest BCUT2D eigenvalue weighted by Crippen LogP contribution is 2.66. The Labute approximate surface area is 235 Å². The Kier molecular flexibility index (Phi) is 7.39. The van der Waals surface area contributed by atoms with Gasteiger partial charge in [-0.2, -0.15) is 0 Å². The molecule has 2 aromatic rings. The van der Waals surface area contributed by atoms with Crippen LogP contribution in [0.15, 0.2) is 54.6 Å². The van der Waals surface area contributed by atoms with E-state index in [0.717, 1.165) is 18.8 Å². The first-order chi connectivity index (χ1) is 19.2. The summed E-state index contributed by atoms with van der Waals surface area (Å²) in [5, 5.41) is 16.3. The number of nitrogens with one attached hydrogen (secondary N) is 2. The standard InChI is InChI=1S/C31H40N4O5/c1-6-34(7-2)22-15-13-21(14-16-22)33-28(38)26-31-17-19(3)30(4,40-31)24(27(37)32-5)25(31)29(39)35(26)23(18-36)20-11-9-8-10-12-20/h8-16,19,23-26,36H,6-7,17-18H2,1-5H3,(H,32,37)(H,33,38)/t19?,23-,24-,25+,26?,30+,31?/m1/s1. The van der Waals surface area contributed by atoms with Gasteiger partial charge in [-0.1, -0.05) is 37.3 Å². The van der Waals surface area contributed by atoms with E-state index in [2.05, 4.69) is 29.4 Å². The van der Waals surface area contributed by atoms with Crippen LogP contribution in [0.4, 0.5) is 11.4 Å². The van der Waals surface area contributed by atoms with E-state index < -0.39 is 41.0 Å². The predicted octanol–water partition coefficient (Wildman–Crippen LogP) is 2.96. The number of ether oxygens (including phenoxy) is 1. The summed E-state index contributed by atoms with van der Waals surface area (Å²) in [4.78, 5) is 45.5. The van der Waals surface area contributed by atoms with Crippen molar-refractivity contribution in [2.45, 2.75) is 57.4 Å². The minimum Gasteiger partial charge on any atom is -0.394 e. The molecule has 0 aliphatic carbocycles. The van der Waals surface area contributed by atoms with E-state index >= 15 is 0 Å². The van der Waals surface area contributed by atoms with Crippen molar-refractivity contribution in [3.05, 3.63) is 60.2 Å². The first-order valence-electron chi connectivity index (χ1n) is 14.2. The fourth-order valence-electron chi connectivity index (χ4n) is 7.45. The monoisotopic (exact) mass is 548 g/mol. The molecule has 3 unspecified atom stereocenters. The lowest BCUT2D eigenvalue weighted by atomic mass is 9.62. The van der Waals surface area contributed by atoms with Crippen LogP contribution >= 0.6 is 0 Å². The van der Waals surface area contributed by atoms with E-state index in [1.54, 1.807) is 7.05 Å². The van der Waals surface area contributed by atoms with Crippen LogP contribution in [-0.2, 0) is 19.1 Å². The van der Waals surface area contributed by atoms with E-state index in [1.807, 2.05) is 68.4 Å². The van der Waals surface area contributed by atoms with Crippen molar-refractivity contribution in [1.29, 1.82) is 0 Å². The molecule has 3 aliphatic rings. The van der Waals surface area contributed by atoms with Crippen LogP contribution < -0.4 is 15.5 Å². The third-order valence-corrected chi connectivity index (χ3v) is 9.49. The minimum absolute atomic E-state index is 0.0632. The van der Waals surface area contributed by atoms with Gasteiger partial charge in [0.1, 0.15) is 11.6 Å². The number of hydrogen-bond donors (Lipinski definition) is 3. The summed E-state index contributed by atoms with van der Waals surface area (Å²) in [7, 11) is 1.55. The average molecular weight is 549 g/mol. The molecule has 214 valence electrons. The molecule has 3 N–H and O–H groups in total. The quantitative estimate of drug-likeness (QED) is 0.444. The summed E-state index contributed by atoms with van der Waals surface area (Å²) in [6, 6.07) is 15.0. The number of amides is 3. The van der Waals surface area contributed by atoms with Gasteiger partial charge in [-0.05, 0) is 62.9 Å². The number of aliphatic hydroxyl groups is 1. The second-order valence-electron chi connectivity index (χ2n) is 11.4. The van der Waals surface area contributed by atoms with Crippen LogP contribution in [0.25, 0.3) is 0 Å². The lowest BCUT2D eigenvalue weighted by molar-refractivity contribution is -0.149. The zero-order chi connectivity index (χ0) is 28.8. The van der Waals surface area contributed by atoms with Crippen LogP contribution in [0, 0.1) is 17.8 Å². The molecule has 3 amide bonds. The molecule has 9 heteroatoms. The lowest BCUT2D eigenvalue weighted by Crippen LogP contribution is -2.55. The SMILES string of the molecule is CCN(CC)c1ccc(NC(=O)C2N([C@H](CO)c3ccccc3)C(=O)[C@@H]3[C@H](C(=O)NC)[C@@]4(C)OC23CC4C)cc1. The highest BCUT2D eigenvalue weighted by molar-refractivity contribution is 6.04. The van der Waals surface area contributed by atoms with Crippen molar-refractivity contribution < 1.29 is 24.2 Å². The molecule has 7 atom stereocenters. The van der Waals surface area contributed by atoms with Crippen molar-refractivity contribution >= 4 is 29.1 Å². The summed E-state index contributed by atoms with van der Waals surface area (Å²) in [6.45, 7) is 9.43. The molecule has 2 aromatic carbocycles. The summed E-state index contributed by atoms with van der Waals surface area (Å²) >= 11 is 0. The number of benzene rings is 2. The van der Waals surface area contributed by atoms with Gasteiger partial charge in [0.15, 0.2) is 0 Å². The molecule has 3 heterocycles. The molecule has 3 saturated heterocycles. The molecule has 9 nitrogen and oxygen atoms in total. The number of hydrogen-bond acceptors (Lipinski definition) is 6. The lowest BCUT2D eigenvalue weighted by Gasteiger charge is -2.37. The number of likely N-dealkylation sites (tertiary alicyclic amines) is 1. The Bertz CT molecular complexity index is 1270.